The molecule has 1 aromatic carbocycles. The number of benzene rings is 1. The Balaban J connectivity index is 1.09. The SMILES string of the molecule is CS(=O)(=O)N1CC2(CCN(C(=O)NCCc3ccc(CN4CCCC4)cc3)CC2)C2CCCCC21. The molecule has 2 amide bonds. The van der Waals surface area contributed by atoms with Gasteiger partial charge in [0.1, 0.15) is 0 Å². The van der Waals surface area contributed by atoms with Crippen LogP contribution in [0, 0.1) is 11.3 Å². The molecule has 3 aliphatic heterocycles. The largest absolute Gasteiger partial charge is 0.338 e. The summed E-state index contributed by atoms with van der Waals surface area (Å²) in [5, 5.41) is 3.12. The number of urea groups is 1. The van der Waals surface area contributed by atoms with Gasteiger partial charge in [-0.2, -0.15) is 4.31 Å². The third-order valence-corrected chi connectivity index (χ3v) is 10.4. The summed E-state index contributed by atoms with van der Waals surface area (Å²) in [7, 11) is -3.19. The van der Waals surface area contributed by atoms with E-state index in [9.17, 15) is 13.2 Å². The van der Waals surface area contributed by atoms with Crippen molar-refractivity contribution in [1.29, 1.82) is 0 Å². The standard InChI is InChI=1S/C27H42N4O3S/c1-35(33,34)31-21-27(24-6-2-3-7-25(24)31)13-18-30(19-14-27)26(32)28-15-12-22-8-10-23(11-9-22)20-29-16-4-5-17-29/h8-11,24-25H,2-7,12-21H2,1H3,(H,28,32). The van der Waals surface area contributed by atoms with E-state index in [1.54, 1.807) is 4.31 Å². The molecular weight excluding hydrogens is 460 g/mol. The molecule has 5 rings (SSSR count). The first-order chi connectivity index (χ1) is 16.8. The molecule has 0 bridgehead atoms. The number of hydrogen-bond acceptors (Lipinski definition) is 4. The third kappa shape index (κ3) is 5.54. The van der Waals surface area contributed by atoms with Crippen LogP contribution in [0.3, 0.4) is 0 Å². The number of carbonyl (C=O) groups is 1. The summed E-state index contributed by atoms with van der Waals surface area (Å²) in [6.07, 6.45) is 11.1. The van der Waals surface area contributed by atoms with Gasteiger partial charge in [-0.05, 0) is 80.5 Å². The van der Waals surface area contributed by atoms with Crippen molar-refractivity contribution in [2.24, 2.45) is 11.3 Å². The van der Waals surface area contributed by atoms with Crippen LogP contribution in [-0.4, -0.2) is 80.1 Å². The number of carbonyl (C=O) groups excluding carboxylic acids is 1. The average Bonchev–Trinajstić information content (AvgIpc) is 3.47. The zero-order chi connectivity index (χ0) is 24.5. The van der Waals surface area contributed by atoms with Crippen LogP contribution >= 0.6 is 0 Å². The molecule has 1 spiro atoms. The number of fused-ring (bicyclic) bond motifs is 2. The van der Waals surface area contributed by atoms with E-state index in [1.165, 1.54) is 49.7 Å². The molecule has 4 fully saturated rings. The van der Waals surface area contributed by atoms with E-state index in [-0.39, 0.29) is 17.5 Å². The Morgan fingerprint density at radius 3 is 2.31 bits per heavy atom. The minimum absolute atomic E-state index is 0.0173. The maximum atomic E-state index is 12.8. The van der Waals surface area contributed by atoms with E-state index in [0.29, 0.717) is 19.0 Å². The van der Waals surface area contributed by atoms with E-state index in [0.717, 1.165) is 58.2 Å². The second-order valence-electron chi connectivity index (χ2n) is 11.4. The van der Waals surface area contributed by atoms with Gasteiger partial charge in [-0.15, -0.1) is 0 Å². The Hall–Kier alpha value is -1.64. The highest BCUT2D eigenvalue weighted by molar-refractivity contribution is 7.88. The summed E-state index contributed by atoms with van der Waals surface area (Å²) in [6.45, 7) is 6.18. The fourth-order valence-corrected chi connectivity index (χ4v) is 8.43. The predicted molar refractivity (Wildman–Crippen MR) is 139 cm³/mol. The molecule has 7 nitrogen and oxygen atoms in total. The lowest BCUT2D eigenvalue weighted by molar-refractivity contribution is 0.0748. The molecule has 1 N–H and O–H groups in total. The number of nitrogens with one attached hydrogen (secondary N) is 1. The Labute approximate surface area is 211 Å². The van der Waals surface area contributed by atoms with Crippen molar-refractivity contribution in [2.45, 2.75) is 70.4 Å². The highest BCUT2D eigenvalue weighted by Crippen LogP contribution is 2.53. The lowest BCUT2D eigenvalue weighted by Crippen LogP contribution is -2.50. The van der Waals surface area contributed by atoms with Gasteiger partial charge in [0.2, 0.25) is 10.0 Å². The molecule has 0 aromatic heterocycles. The van der Waals surface area contributed by atoms with Crippen molar-refractivity contribution in [3.8, 4) is 0 Å². The van der Waals surface area contributed by atoms with Crippen LogP contribution in [0.5, 0.6) is 0 Å². The van der Waals surface area contributed by atoms with Crippen LogP contribution in [-0.2, 0) is 23.0 Å². The van der Waals surface area contributed by atoms with Crippen molar-refractivity contribution >= 4 is 16.1 Å². The van der Waals surface area contributed by atoms with Crippen molar-refractivity contribution in [1.82, 2.24) is 19.4 Å². The minimum atomic E-state index is -3.19. The number of likely N-dealkylation sites (tertiary alicyclic amines) is 2. The maximum absolute atomic E-state index is 12.8. The first-order valence-electron chi connectivity index (χ1n) is 13.6. The topological polar surface area (TPSA) is 73.0 Å². The summed E-state index contributed by atoms with van der Waals surface area (Å²) in [6, 6.07) is 9.01. The van der Waals surface area contributed by atoms with E-state index in [4.69, 9.17) is 0 Å². The minimum Gasteiger partial charge on any atom is -0.338 e. The number of amides is 2. The number of hydrogen-bond donors (Lipinski definition) is 1. The summed E-state index contributed by atoms with van der Waals surface area (Å²) in [5.41, 5.74) is 2.66. The average molecular weight is 503 g/mol. The lowest BCUT2D eigenvalue weighted by Gasteiger charge is -2.44. The number of nitrogens with zero attached hydrogens (tertiary/aromatic N) is 3. The zero-order valence-electron chi connectivity index (χ0n) is 21.3. The van der Waals surface area contributed by atoms with Gasteiger partial charge >= 0.3 is 6.03 Å². The van der Waals surface area contributed by atoms with Crippen LogP contribution in [0.4, 0.5) is 4.79 Å². The van der Waals surface area contributed by atoms with Crippen molar-refractivity contribution < 1.29 is 13.2 Å². The number of sulfonamides is 1. The fraction of sp³-hybridized carbons (Fsp3) is 0.741. The molecule has 2 atom stereocenters. The molecule has 3 heterocycles. The molecule has 8 heteroatoms. The van der Waals surface area contributed by atoms with Gasteiger partial charge < -0.3 is 10.2 Å². The normalized spacial score (nSPS) is 27.3. The van der Waals surface area contributed by atoms with E-state index >= 15 is 0 Å². The van der Waals surface area contributed by atoms with Gasteiger partial charge in [-0.25, -0.2) is 13.2 Å². The molecule has 0 radical (unpaired) electrons. The Morgan fingerprint density at radius 1 is 0.971 bits per heavy atom. The van der Waals surface area contributed by atoms with Crippen LogP contribution < -0.4 is 5.32 Å². The molecule has 2 unspecified atom stereocenters. The quantitative estimate of drug-likeness (QED) is 0.647. The second-order valence-corrected chi connectivity index (χ2v) is 13.3. The maximum Gasteiger partial charge on any atom is 0.317 e. The van der Waals surface area contributed by atoms with E-state index in [1.807, 2.05) is 4.90 Å². The van der Waals surface area contributed by atoms with Crippen LogP contribution in [0.25, 0.3) is 0 Å². The van der Waals surface area contributed by atoms with Gasteiger partial charge in [-0.3, -0.25) is 4.90 Å². The molecular formula is C27H42N4O3S. The highest BCUT2D eigenvalue weighted by atomic mass is 32.2. The summed E-state index contributed by atoms with van der Waals surface area (Å²) in [4.78, 5) is 17.3. The number of piperidine rings is 1. The Kier molecular flexibility index (Phi) is 7.43. The van der Waals surface area contributed by atoms with E-state index in [2.05, 4.69) is 34.5 Å². The zero-order valence-corrected chi connectivity index (χ0v) is 22.1. The molecule has 194 valence electrons. The first-order valence-corrected chi connectivity index (χ1v) is 15.5. The van der Waals surface area contributed by atoms with Crippen LogP contribution in [0.15, 0.2) is 24.3 Å². The third-order valence-electron chi connectivity index (χ3n) is 9.15. The van der Waals surface area contributed by atoms with Crippen LogP contribution in [0.1, 0.15) is 62.5 Å². The van der Waals surface area contributed by atoms with Gasteiger partial charge in [0.15, 0.2) is 0 Å². The first kappa shape index (κ1) is 25.0. The van der Waals surface area contributed by atoms with Gasteiger partial charge in [0.05, 0.1) is 6.26 Å². The van der Waals surface area contributed by atoms with Crippen molar-refractivity contribution in [3.63, 3.8) is 0 Å². The number of rotatable bonds is 6. The lowest BCUT2D eigenvalue weighted by atomic mass is 9.65. The smallest absolute Gasteiger partial charge is 0.317 e. The van der Waals surface area contributed by atoms with Gasteiger partial charge in [0, 0.05) is 38.8 Å². The fourth-order valence-electron chi connectivity index (χ4n) is 7.20. The van der Waals surface area contributed by atoms with Gasteiger partial charge in [0.25, 0.3) is 0 Å². The molecule has 35 heavy (non-hydrogen) atoms. The Morgan fingerprint density at radius 2 is 1.63 bits per heavy atom. The molecule has 3 saturated heterocycles. The summed E-state index contributed by atoms with van der Waals surface area (Å²) >= 11 is 0. The Bertz CT molecular complexity index is 982. The van der Waals surface area contributed by atoms with Crippen LogP contribution in [0.2, 0.25) is 0 Å². The predicted octanol–water partition coefficient (Wildman–Crippen LogP) is 3.45. The highest BCUT2D eigenvalue weighted by Gasteiger charge is 2.56. The molecule has 1 aromatic rings. The molecule has 1 saturated carbocycles. The van der Waals surface area contributed by atoms with Gasteiger partial charge in [-0.1, -0.05) is 37.1 Å². The summed E-state index contributed by atoms with van der Waals surface area (Å²) in [5.74, 6) is 0.449. The van der Waals surface area contributed by atoms with E-state index < -0.39 is 10.0 Å². The van der Waals surface area contributed by atoms with Crippen molar-refractivity contribution in [3.05, 3.63) is 35.4 Å². The molecule has 4 aliphatic rings. The second kappa shape index (κ2) is 10.4. The van der Waals surface area contributed by atoms with Crippen molar-refractivity contribution in [2.75, 3.05) is 45.5 Å². The molecule has 1 aliphatic carbocycles. The summed E-state index contributed by atoms with van der Waals surface area (Å²) < 4.78 is 26.7. The monoisotopic (exact) mass is 502 g/mol.